The minimum absolute atomic E-state index is 0.694. The van der Waals surface area contributed by atoms with Crippen LogP contribution in [0.5, 0.6) is 0 Å². The van der Waals surface area contributed by atoms with Crippen molar-refractivity contribution in [1.82, 2.24) is 0 Å². The molecule has 0 aliphatic carbocycles. The lowest BCUT2D eigenvalue weighted by atomic mass is 10.5. The highest BCUT2D eigenvalue weighted by Gasteiger charge is 2.51. The van der Waals surface area contributed by atoms with Gasteiger partial charge in [0.05, 0.1) is 10.8 Å². The van der Waals surface area contributed by atoms with E-state index in [9.17, 15) is 0 Å². The Kier molecular flexibility index (Phi) is 7.43. The number of hydrogen-bond acceptors (Lipinski definition) is 1. The van der Waals surface area contributed by atoms with Crippen molar-refractivity contribution in [2.45, 2.75) is 116 Å². The molecule has 0 bridgehead atoms. The smallest absolute Gasteiger partial charge is 0.139 e. The van der Waals surface area contributed by atoms with E-state index >= 15 is 0 Å². The van der Waals surface area contributed by atoms with Crippen molar-refractivity contribution in [1.29, 1.82) is 0 Å². The summed E-state index contributed by atoms with van der Waals surface area (Å²) in [6.07, 6.45) is 0. The average Bonchev–Trinajstić information content (AvgIpc) is 2.87. The normalized spacial score (nSPS) is 14.2. The largest absolute Gasteiger partial charge is 0.476 e. The maximum atomic E-state index is 6.91. The Labute approximate surface area is 160 Å². The van der Waals surface area contributed by atoms with Crippen LogP contribution in [0.1, 0.15) is 83.1 Å². The third kappa shape index (κ3) is 3.48. The highest BCUT2D eigenvalue weighted by molar-refractivity contribution is 6.96. The van der Waals surface area contributed by atoms with Gasteiger partial charge in [-0.1, -0.05) is 83.1 Å². The summed E-state index contributed by atoms with van der Waals surface area (Å²) in [4.78, 5) is 0. The molecule has 0 unspecified atom stereocenters. The van der Waals surface area contributed by atoms with Gasteiger partial charge >= 0.3 is 0 Å². The van der Waals surface area contributed by atoms with Gasteiger partial charge in [-0.2, -0.15) is 0 Å². The van der Waals surface area contributed by atoms with Gasteiger partial charge in [-0.3, -0.25) is 0 Å². The SMILES string of the molecule is CC(C)[Si](c1ccc([Si](C(C)C)(C(C)C)C(C)C)o1)(C(C)C)C(C)C. The lowest BCUT2D eigenvalue weighted by molar-refractivity contribution is 0.605. The molecule has 0 atom stereocenters. The van der Waals surface area contributed by atoms with Crippen LogP contribution in [0.2, 0.25) is 33.2 Å². The number of furan rings is 1. The summed E-state index contributed by atoms with van der Waals surface area (Å²) < 4.78 is 6.91. The van der Waals surface area contributed by atoms with E-state index < -0.39 is 16.1 Å². The number of hydrogen-bond donors (Lipinski definition) is 0. The highest BCUT2D eigenvalue weighted by Crippen LogP contribution is 2.43. The third-order valence-electron chi connectivity index (χ3n) is 7.19. The van der Waals surface area contributed by atoms with Crippen LogP contribution >= 0.6 is 0 Å². The van der Waals surface area contributed by atoms with Crippen LogP contribution in [0, 0.1) is 0 Å². The van der Waals surface area contributed by atoms with Crippen molar-refractivity contribution in [2.24, 2.45) is 0 Å². The summed E-state index contributed by atoms with van der Waals surface area (Å²) in [6, 6.07) is 4.77. The van der Waals surface area contributed by atoms with Gasteiger partial charge in [-0.25, -0.2) is 0 Å². The zero-order valence-corrected chi connectivity index (χ0v) is 21.0. The van der Waals surface area contributed by atoms with Crippen LogP contribution in [0.15, 0.2) is 16.5 Å². The van der Waals surface area contributed by atoms with E-state index in [0.717, 1.165) is 0 Å². The molecule has 0 saturated carbocycles. The lowest BCUT2D eigenvalue weighted by Gasteiger charge is -2.43. The predicted molar refractivity (Wildman–Crippen MR) is 120 cm³/mol. The molecule has 1 aromatic rings. The molecule has 0 aliphatic rings. The van der Waals surface area contributed by atoms with Crippen LogP contribution in [-0.2, 0) is 0 Å². The minimum atomic E-state index is -1.71. The molecule has 3 heteroatoms. The topological polar surface area (TPSA) is 13.1 Å². The van der Waals surface area contributed by atoms with E-state index in [1.54, 1.807) is 0 Å². The summed E-state index contributed by atoms with van der Waals surface area (Å²) in [5, 5.41) is 2.72. The first-order chi connectivity index (χ1) is 11.4. The number of rotatable bonds is 8. The third-order valence-corrected chi connectivity index (χ3v) is 20.9. The van der Waals surface area contributed by atoms with Crippen LogP contribution in [-0.4, -0.2) is 16.1 Å². The standard InChI is InChI=1S/C22H44OSi2/c1-15(2)24(16(3)4,17(5)6)21-13-14-22(23-21)25(18(7)8,19(9)10)20(11)12/h13-20H,1-12H3. The van der Waals surface area contributed by atoms with Crippen molar-refractivity contribution < 1.29 is 4.42 Å². The molecule has 0 spiro atoms. The summed E-state index contributed by atoms with van der Waals surface area (Å²) >= 11 is 0. The second-order valence-corrected chi connectivity index (χ2v) is 21.6. The van der Waals surface area contributed by atoms with Gasteiger partial charge in [0.1, 0.15) is 16.1 Å². The Hall–Kier alpha value is -0.286. The fraction of sp³-hybridized carbons (Fsp3) is 0.818. The van der Waals surface area contributed by atoms with Crippen LogP contribution in [0.3, 0.4) is 0 Å². The summed E-state index contributed by atoms with van der Waals surface area (Å²) in [7, 11) is -3.42. The molecule has 0 aliphatic heterocycles. The van der Waals surface area contributed by atoms with E-state index in [1.807, 2.05) is 0 Å². The fourth-order valence-electron chi connectivity index (χ4n) is 6.51. The zero-order valence-electron chi connectivity index (χ0n) is 19.0. The molecule has 0 N–H and O–H groups in total. The summed E-state index contributed by atoms with van der Waals surface area (Å²) in [5.74, 6) is 0. The molecule has 1 aromatic heterocycles. The van der Waals surface area contributed by atoms with Crippen LogP contribution in [0.25, 0.3) is 0 Å². The molecular weight excluding hydrogens is 336 g/mol. The monoisotopic (exact) mass is 380 g/mol. The molecule has 1 rings (SSSR count). The molecule has 0 radical (unpaired) electrons. The van der Waals surface area contributed by atoms with Crippen LogP contribution < -0.4 is 10.8 Å². The predicted octanol–water partition coefficient (Wildman–Crippen LogP) is 7.05. The Balaban J connectivity index is 3.64. The second-order valence-electron chi connectivity index (χ2n) is 9.96. The van der Waals surface area contributed by atoms with Crippen molar-refractivity contribution in [3.05, 3.63) is 12.1 Å². The quantitative estimate of drug-likeness (QED) is 0.440. The molecule has 1 nitrogen and oxygen atoms in total. The Morgan fingerprint density at radius 3 is 0.840 bits per heavy atom. The van der Waals surface area contributed by atoms with Gasteiger partial charge in [-0.05, 0) is 45.4 Å². The summed E-state index contributed by atoms with van der Waals surface area (Å²) in [6.45, 7) is 29.1. The van der Waals surface area contributed by atoms with Crippen molar-refractivity contribution >= 4 is 26.9 Å². The van der Waals surface area contributed by atoms with Gasteiger partial charge in [0.25, 0.3) is 0 Å². The first-order valence-electron chi connectivity index (χ1n) is 10.5. The van der Waals surface area contributed by atoms with E-state index in [-0.39, 0.29) is 0 Å². The van der Waals surface area contributed by atoms with Gasteiger partial charge in [0.2, 0.25) is 0 Å². The molecular formula is C22H44OSi2. The van der Waals surface area contributed by atoms with Crippen molar-refractivity contribution in [3.63, 3.8) is 0 Å². The molecule has 25 heavy (non-hydrogen) atoms. The molecule has 0 saturated heterocycles. The lowest BCUT2D eigenvalue weighted by Crippen LogP contribution is -2.58. The molecule has 146 valence electrons. The first kappa shape index (κ1) is 22.8. The van der Waals surface area contributed by atoms with Crippen LogP contribution in [0.4, 0.5) is 0 Å². The van der Waals surface area contributed by atoms with E-state index in [2.05, 4.69) is 95.2 Å². The Morgan fingerprint density at radius 1 is 0.480 bits per heavy atom. The summed E-state index contributed by atoms with van der Waals surface area (Å²) in [5.41, 5.74) is 4.17. The first-order valence-corrected chi connectivity index (χ1v) is 14.9. The molecule has 0 fully saturated rings. The molecule has 1 heterocycles. The van der Waals surface area contributed by atoms with Gasteiger partial charge in [-0.15, -0.1) is 0 Å². The highest BCUT2D eigenvalue weighted by atomic mass is 28.3. The van der Waals surface area contributed by atoms with Gasteiger partial charge in [0.15, 0.2) is 0 Å². The van der Waals surface area contributed by atoms with Crippen molar-refractivity contribution in [2.75, 3.05) is 0 Å². The minimum Gasteiger partial charge on any atom is -0.476 e. The van der Waals surface area contributed by atoms with Gasteiger partial charge in [0, 0.05) is 0 Å². The van der Waals surface area contributed by atoms with Crippen molar-refractivity contribution in [3.8, 4) is 0 Å². The average molecular weight is 381 g/mol. The Bertz CT molecular complexity index is 448. The molecule has 0 aromatic carbocycles. The van der Waals surface area contributed by atoms with E-state index in [0.29, 0.717) is 33.2 Å². The van der Waals surface area contributed by atoms with E-state index in [1.165, 1.54) is 10.8 Å². The van der Waals surface area contributed by atoms with Gasteiger partial charge < -0.3 is 4.42 Å². The zero-order chi connectivity index (χ0) is 19.7. The maximum absolute atomic E-state index is 6.91. The van der Waals surface area contributed by atoms with E-state index in [4.69, 9.17) is 4.42 Å². The maximum Gasteiger partial charge on any atom is 0.139 e. The molecule has 0 amide bonds. The Morgan fingerprint density at radius 2 is 0.680 bits per heavy atom. The second kappa shape index (κ2) is 8.16. The fourth-order valence-corrected chi connectivity index (χ4v) is 19.3.